The van der Waals surface area contributed by atoms with Crippen molar-refractivity contribution in [3.05, 3.63) is 41.3 Å². The van der Waals surface area contributed by atoms with Crippen molar-refractivity contribution in [3.63, 3.8) is 0 Å². The summed E-state index contributed by atoms with van der Waals surface area (Å²) in [6.45, 7) is 5.56. The second-order valence-electron chi connectivity index (χ2n) is 5.00. The summed E-state index contributed by atoms with van der Waals surface area (Å²) in [7, 11) is 0. The van der Waals surface area contributed by atoms with E-state index in [1.54, 1.807) is 31.2 Å². The molecule has 2 rings (SSSR count). The van der Waals surface area contributed by atoms with E-state index >= 15 is 0 Å². The first-order valence-electron chi connectivity index (χ1n) is 7.70. The fourth-order valence-electron chi connectivity index (χ4n) is 2.12. The van der Waals surface area contributed by atoms with Crippen molar-refractivity contribution in [1.29, 1.82) is 0 Å². The molecule has 128 valence electrons. The molecule has 0 spiro atoms. The fraction of sp³-hybridized carbons (Fsp3) is 0.353. The predicted molar refractivity (Wildman–Crippen MR) is 87.1 cm³/mol. The van der Waals surface area contributed by atoms with Crippen molar-refractivity contribution < 1.29 is 23.6 Å². The highest BCUT2D eigenvalue weighted by Gasteiger charge is 2.21. The van der Waals surface area contributed by atoms with Gasteiger partial charge in [-0.25, -0.2) is 4.79 Å². The fourth-order valence-corrected chi connectivity index (χ4v) is 2.12. The molecule has 1 amide bonds. The van der Waals surface area contributed by atoms with Gasteiger partial charge in [0.2, 0.25) is 0 Å². The van der Waals surface area contributed by atoms with Crippen LogP contribution in [0.15, 0.2) is 28.8 Å². The minimum Gasteiger partial charge on any atom is -0.494 e. The van der Waals surface area contributed by atoms with Crippen LogP contribution < -0.4 is 10.1 Å². The van der Waals surface area contributed by atoms with Gasteiger partial charge in [0.25, 0.3) is 5.91 Å². The molecule has 2 aromatic rings. The Morgan fingerprint density at radius 3 is 2.54 bits per heavy atom. The van der Waals surface area contributed by atoms with E-state index in [0.717, 1.165) is 5.75 Å². The van der Waals surface area contributed by atoms with E-state index in [-0.39, 0.29) is 12.2 Å². The maximum atomic E-state index is 12.1. The van der Waals surface area contributed by atoms with Crippen LogP contribution in [0.4, 0.5) is 5.69 Å². The molecule has 0 unspecified atom stereocenters. The maximum Gasteiger partial charge on any atom is 0.344 e. The number of hydrogen-bond acceptors (Lipinski definition) is 6. The first-order valence-corrected chi connectivity index (χ1v) is 7.70. The van der Waals surface area contributed by atoms with Crippen LogP contribution >= 0.6 is 0 Å². The van der Waals surface area contributed by atoms with Crippen molar-refractivity contribution in [2.75, 3.05) is 18.5 Å². The van der Waals surface area contributed by atoms with Gasteiger partial charge in [0.05, 0.1) is 12.3 Å². The molecule has 7 heteroatoms. The number of amides is 1. The van der Waals surface area contributed by atoms with Crippen LogP contribution in [0.2, 0.25) is 0 Å². The average Bonchev–Trinajstić information content (AvgIpc) is 2.95. The van der Waals surface area contributed by atoms with Gasteiger partial charge in [-0.2, -0.15) is 0 Å². The monoisotopic (exact) mass is 332 g/mol. The van der Waals surface area contributed by atoms with Crippen molar-refractivity contribution >= 4 is 17.6 Å². The van der Waals surface area contributed by atoms with E-state index in [9.17, 15) is 9.59 Å². The van der Waals surface area contributed by atoms with Crippen LogP contribution in [0.1, 0.15) is 35.7 Å². The highest BCUT2D eigenvalue weighted by molar-refractivity contribution is 5.96. The van der Waals surface area contributed by atoms with Crippen molar-refractivity contribution in [2.45, 2.75) is 27.2 Å². The summed E-state index contributed by atoms with van der Waals surface area (Å²) in [5, 5.41) is 6.43. The van der Waals surface area contributed by atoms with Crippen LogP contribution in [0, 0.1) is 6.92 Å². The molecule has 1 N–H and O–H groups in total. The van der Waals surface area contributed by atoms with Crippen molar-refractivity contribution in [1.82, 2.24) is 5.16 Å². The largest absolute Gasteiger partial charge is 0.494 e. The summed E-state index contributed by atoms with van der Waals surface area (Å²) >= 11 is 0. The zero-order valence-electron chi connectivity index (χ0n) is 13.9. The van der Waals surface area contributed by atoms with Gasteiger partial charge in [0, 0.05) is 5.69 Å². The number of hydrogen-bond donors (Lipinski definition) is 1. The summed E-state index contributed by atoms with van der Waals surface area (Å²) in [4.78, 5) is 23.9. The molecule has 0 aliphatic rings. The molecule has 0 atom stereocenters. The number of carbonyl (C=O) groups is 2. The van der Waals surface area contributed by atoms with Crippen LogP contribution in [0.5, 0.6) is 5.75 Å². The Balaban J connectivity index is 1.88. The first kappa shape index (κ1) is 17.5. The minimum absolute atomic E-state index is 0.284. The van der Waals surface area contributed by atoms with Gasteiger partial charge < -0.3 is 19.3 Å². The predicted octanol–water partition coefficient (Wildman–Crippen LogP) is 2.74. The van der Waals surface area contributed by atoms with Gasteiger partial charge >= 0.3 is 5.97 Å². The van der Waals surface area contributed by atoms with E-state index < -0.39 is 11.9 Å². The molecule has 0 radical (unpaired) electrons. The summed E-state index contributed by atoms with van der Waals surface area (Å²) in [6, 6.07) is 6.92. The lowest BCUT2D eigenvalue weighted by Crippen LogP contribution is -2.21. The van der Waals surface area contributed by atoms with Gasteiger partial charge in [-0.1, -0.05) is 12.1 Å². The summed E-state index contributed by atoms with van der Waals surface area (Å²) < 4.78 is 15.3. The second-order valence-corrected chi connectivity index (χ2v) is 5.00. The molecule has 0 saturated heterocycles. The minimum atomic E-state index is -0.618. The number of ether oxygens (including phenoxy) is 2. The molecule has 1 aromatic carbocycles. The van der Waals surface area contributed by atoms with Crippen LogP contribution in [0.25, 0.3) is 0 Å². The zero-order chi connectivity index (χ0) is 17.5. The highest BCUT2D eigenvalue weighted by Crippen LogP contribution is 2.17. The molecule has 0 aliphatic heterocycles. The Morgan fingerprint density at radius 1 is 1.21 bits per heavy atom. The Hall–Kier alpha value is -2.83. The number of rotatable bonds is 7. The molecule has 1 aromatic heterocycles. The number of aromatic nitrogens is 1. The Kier molecular flexibility index (Phi) is 5.95. The lowest BCUT2D eigenvalue weighted by molar-refractivity contribution is -0.119. The van der Waals surface area contributed by atoms with Gasteiger partial charge in [0.1, 0.15) is 17.1 Å². The normalized spacial score (nSPS) is 10.3. The Morgan fingerprint density at radius 2 is 1.92 bits per heavy atom. The van der Waals surface area contributed by atoms with E-state index in [2.05, 4.69) is 10.5 Å². The highest BCUT2D eigenvalue weighted by atomic mass is 16.5. The smallest absolute Gasteiger partial charge is 0.344 e. The Labute approximate surface area is 139 Å². The first-order chi connectivity index (χ1) is 11.5. The number of nitrogens with zero attached hydrogens (tertiary/aromatic N) is 1. The zero-order valence-corrected chi connectivity index (χ0v) is 13.9. The summed E-state index contributed by atoms with van der Waals surface area (Å²) in [6.07, 6.45) is 0.542. The summed E-state index contributed by atoms with van der Waals surface area (Å²) in [5.74, 6) is 0.0489. The number of nitrogens with one attached hydrogen (secondary N) is 1. The van der Waals surface area contributed by atoms with Crippen LogP contribution in [0.3, 0.4) is 0 Å². The number of aryl methyl sites for hydroxylation is 2. The van der Waals surface area contributed by atoms with E-state index in [0.29, 0.717) is 30.2 Å². The topological polar surface area (TPSA) is 90.7 Å². The number of carbonyl (C=O) groups excluding carboxylic acids is 2. The molecular formula is C17H20N2O5. The van der Waals surface area contributed by atoms with Gasteiger partial charge in [-0.05, 0) is 44.5 Å². The number of anilines is 1. The van der Waals surface area contributed by atoms with Crippen LogP contribution in [-0.2, 0) is 16.0 Å². The average molecular weight is 332 g/mol. The van der Waals surface area contributed by atoms with Crippen LogP contribution in [-0.4, -0.2) is 30.2 Å². The molecular weight excluding hydrogens is 312 g/mol. The van der Waals surface area contributed by atoms with E-state index in [4.69, 9.17) is 14.0 Å². The maximum absolute atomic E-state index is 12.1. The molecule has 24 heavy (non-hydrogen) atoms. The van der Waals surface area contributed by atoms with Crippen molar-refractivity contribution in [2.24, 2.45) is 0 Å². The van der Waals surface area contributed by atoms with E-state index in [1.807, 2.05) is 13.8 Å². The third kappa shape index (κ3) is 4.34. The lowest BCUT2D eigenvalue weighted by Gasteiger charge is -2.08. The number of esters is 1. The lowest BCUT2D eigenvalue weighted by atomic mass is 10.1. The van der Waals surface area contributed by atoms with Gasteiger partial charge in [-0.3, -0.25) is 4.79 Å². The second kappa shape index (κ2) is 8.14. The molecule has 0 bridgehead atoms. The third-order valence-corrected chi connectivity index (χ3v) is 3.26. The summed E-state index contributed by atoms with van der Waals surface area (Å²) in [5.41, 5.74) is 1.39. The third-order valence-electron chi connectivity index (χ3n) is 3.26. The quantitative estimate of drug-likeness (QED) is 0.784. The van der Waals surface area contributed by atoms with E-state index in [1.165, 1.54) is 0 Å². The molecule has 7 nitrogen and oxygen atoms in total. The molecule has 0 aliphatic carbocycles. The SMILES string of the molecule is CCOc1ccc(NC(=O)COC(=O)c2c(CC)noc2C)cc1. The number of benzene rings is 1. The van der Waals surface area contributed by atoms with Gasteiger partial charge in [-0.15, -0.1) is 0 Å². The Bertz CT molecular complexity index is 706. The van der Waals surface area contributed by atoms with Crippen molar-refractivity contribution in [3.8, 4) is 5.75 Å². The standard InChI is InChI=1S/C17H20N2O5/c1-4-14-16(11(3)24-19-14)17(21)23-10-15(20)18-12-6-8-13(9-7-12)22-5-2/h6-9H,4-5,10H2,1-3H3,(H,18,20). The molecule has 0 fully saturated rings. The molecule has 0 saturated carbocycles. The molecule has 1 heterocycles. The van der Waals surface area contributed by atoms with Gasteiger partial charge in [0.15, 0.2) is 6.61 Å².